The first kappa shape index (κ1) is 21.8. The summed E-state index contributed by atoms with van der Waals surface area (Å²) in [6, 6.07) is 21.9. The number of aryl methyl sites for hydroxylation is 1. The second kappa shape index (κ2) is 9.78. The Balaban J connectivity index is 1.34. The van der Waals surface area contributed by atoms with Gasteiger partial charge < -0.3 is 16.0 Å². The molecule has 4 rings (SSSR count). The third kappa shape index (κ3) is 5.82. The lowest BCUT2D eigenvalue weighted by Gasteiger charge is -2.10. The van der Waals surface area contributed by atoms with E-state index < -0.39 is 0 Å². The van der Waals surface area contributed by atoms with Gasteiger partial charge in [-0.3, -0.25) is 4.79 Å². The van der Waals surface area contributed by atoms with Crippen LogP contribution in [0.2, 0.25) is 0 Å². The maximum Gasteiger partial charge on any atom is 0.323 e. The molecule has 33 heavy (non-hydrogen) atoms. The third-order valence-corrected chi connectivity index (χ3v) is 4.81. The van der Waals surface area contributed by atoms with Crippen molar-refractivity contribution in [1.82, 2.24) is 15.1 Å². The van der Waals surface area contributed by atoms with E-state index in [-0.39, 0.29) is 30.0 Å². The molecule has 8 heteroatoms. The number of urea groups is 1. The predicted molar refractivity (Wildman–Crippen MR) is 125 cm³/mol. The highest BCUT2D eigenvalue weighted by molar-refractivity contribution is 5.99. The molecule has 3 N–H and O–H groups in total. The Morgan fingerprint density at radius 3 is 2.39 bits per heavy atom. The molecule has 1 aromatic heterocycles. The van der Waals surface area contributed by atoms with E-state index in [1.165, 1.54) is 16.8 Å². The summed E-state index contributed by atoms with van der Waals surface area (Å²) in [5, 5.41) is 12.6. The molecule has 0 aliphatic rings. The van der Waals surface area contributed by atoms with Crippen LogP contribution in [-0.4, -0.2) is 21.7 Å². The molecule has 0 spiro atoms. The van der Waals surface area contributed by atoms with Gasteiger partial charge in [0.25, 0.3) is 5.91 Å². The minimum atomic E-state index is -0.380. The number of rotatable bonds is 6. The molecule has 0 bridgehead atoms. The summed E-state index contributed by atoms with van der Waals surface area (Å²) in [7, 11) is 0. The standard InChI is InChI=1S/C25H22FN5O2/c1-17-5-2-8-20(13-17)28-25(33)29-21-9-3-6-18(14-21)16-27-24(32)23-11-12-31(30-23)22-10-4-7-19(26)15-22/h2-15H,16H2,1H3,(H,27,32)(H2,28,29,33). The number of hydrogen-bond acceptors (Lipinski definition) is 3. The lowest BCUT2D eigenvalue weighted by Crippen LogP contribution is -2.23. The van der Waals surface area contributed by atoms with Crippen LogP contribution in [0.15, 0.2) is 85.1 Å². The molecular formula is C25H22FN5O2. The van der Waals surface area contributed by atoms with E-state index >= 15 is 0 Å². The van der Waals surface area contributed by atoms with E-state index in [1.54, 1.807) is 42.6 Å². The number of anilines is 2. The second-order valence-corrected chi connectivity index (χ2v) is 7.46. The Morgan fingerprint density at radius 1 is 0.909 bits per heavy atom. The molecule has 1 heterocycles. The summed E-state index contributed by atoms with van der Waals surface area (Å²) in [4.78, 5) is 24.8. The van der Waals surface area contributed by atoms with Crippen LogP contribution in [0.3, 0.4) is 0 Å². The summed E-state index contributed by atoms with van der Waals surface area (Å²) in [5.41, 5.74) is 3.89. The van der Waals surface area contributed by atoms with Gasteiger partial charge in [0.15, 0.2) is 5.69 Å². The van der Waals surface area contributed by atoms with Crippen LogP contribution in [0.5, 0.6) is 0 Å². The van der Waals surface area contributed by atoms with E-state index in [1.807, 2.05) is 37.3 Å². The van der Waals surface area contributed by atoms with Crippen molar-refractivity contribution in [2.75, 3.05) is 10.6 Å². The van der Waals surface area contributed by atoms with Gasteiger partial charge in [-0.15, -0.1) is 0 Å². The summed E-state index contributed by atoms with van der Waals surface area (Å²) in [5.74, 6) is -0.740. The second-order valence-electron chi connectivity index (χ2n) is 7.46. The quantitative estimate of drug-likeness (QED) is 0.396. The highest BCUT2D eigenvalue weighted by atomic mass is 19.1. The van der Waals surface area contributed by atoms with Crippen LogP contribution >= 0.6 is 0 Å². The molecular weight excluding hydrogens is 421 g/mol. The number of aromatic nitrogens is 2. The number of halogens is 1. The van der Waals surface area contributed by atoms with Gasteiger partial charge in [0, 0.05) is 24.1 Å². The van der Waals surface area contributed by atoms with Gasteiger partial charge in [-0.1, -0.05) is 30.3 Å². The normalized spacial score (nSPS) is 10.5. The number of hydrogen-bond donors (Lipinski definition) is 3. The highest BCUT2D eigenvalue weighted by Gasteiger charge is 2.11. The fourth-order valence-electron chi connectivity index (χ4n) is 3.26. The average molecular weight is 443 g/mol. The van der Waals surface area contributed by atoms with Crippen LogP contribution < -0.4 is 16.0 Å². The number of nitrogens with one attached hydrogen (secondary N) is 3. The zero-order valence-electron chi connectivity index (χ0n) is 17.9. The molecule has 166 valence electrons. The van der Waals surface area contributed by atoms with Crippen molar-refractivity contribution in [3.63, 3.8) is 0 Å². The Morgan fingerprint density at radius 2 is 1.64 bits per heavy atom. The lowest BCUT2D eigenvalue weighted by atomic mass is 10.2. The predicted octanol–water partition coefficient (Wildman–Crippen LogP) is 4.89. The number of nitrogens with zero attached hydrogens (tertiary/aromatic N) is 2. The molecule has 0 fully saturated rings. The van der Waals surface area contributed by atoms with Crippen LogP contribution in [-0.2, 0) is 6.54 Å². The van der Waals surface area contributed by atoms with Crippen molar-refractivity contribution in [2.45, 2.75) is 13.5 Å². The number of amides is 3. The molecule has 0 aliphatic carbocycles. The van der Waals surface area contributed by atoms with Crippen molar-refractivity contribution in [3.8, 4) is 5.69 Å². The Bertz CT molecular complexity index is 1300. The molecule has 0 saturated heterocycles. The molecule has 0 saturated carbocycles. The molecule has 4 aromatic rings. The molecule has 0 aliphatic heterocycles. The number of carbonyl (C=O) groups excluding carboxylic acids is 2. The lowest BCUT2D eigenvalue weighted by molar-refractivity contribution is 0.0945. The first-order chi connectivity index (χ1) is 16.0. The average Bonchev–Trinajstić information content (AvgIpc) is 3.28. The molecule has 3 aromatic carbocycles. The summed E-state index contributed by atoms with van der Waals surface area (Å²) in [6.07, 6.45) is 1.60. The van der Waals surface area contributed by atoms with E-state index in [2.05, 4.69) is 21.0 Å². The minimum Gasteiger partial charge on any atom is -0.347 e. The van der Waals surface area contributed by atoms with Crippen LogP contribution in [0.4, 0.5) is 20.6 Å². The molecule has 0 atom stereocenters. The Kier molecular flexibility index (Phi) is 6.45. The van der Waals surface area contributed by atoms with Gasteiger partial charge in [-0.25, -0.2) is 13.9 Å². The maximum atomic E-state index is 13.4. The summed E-state index contributed by atoms with van der Waals surface area (Å²) in [6.45, 7) is 2.20. The van der Waals surface area contributed by atoms with Gasteiger partial charge >= 0.3 is 6.03 Å². The first-order valence-electron chi connectivity index (χ1n) is 10.3. The molecule has 0 radical (unpaired) electrons. The van der Waals surface area contributed by atoms with Gasteiger partial charge in [-0.05, 0) is 66.6 Å². The smallest absolute Gasteiger partial charge is 0.323 e. The Hall–Kier alpha value is -4.46. The zero-order chi connectivity index (χ0) is 23.2. The molecule has 3 amide bonds. The molecule has 7 nitrogen and oxygen atoms in total. The highest BCUT2D eigenvalue weighted by Crippen LogP contribution is 2.14. The topological polar surface area (TPSA) is 88.0 Å². The van der Waals surface area contributed by atoms with Crippen molar-refractivity contribution in [1.29, 1.82) is 0 Å². The van der Waals surface area contributed by atoms with Crippen molar-refractivity contribution < 1.29 is 14.0 Å². The van der Waals surface area contributed by atoms with Gasteiger partial charge in [0.1, 0.15) is 5.82 Å². The van der Waals surface area contributed by atoms with E-state index in [0.29, 0.717) is 17.1 Å². The molecule has 0 unspecified atom stereocenters. The fourth-order valence-corrected chi connectivity index (χ4v) is 3.26. The number of carbonyl (C=O) groups is 2. The summed E-state index contributed by atoms with van der Waals surface area (Å²) < 4.78 is 14.9. The SMILES string of the molecule is Cc1cccc(NC(=O)Nc2cccc(CNC(=O)c3ccn(-c4cccc(F)c4)n3)c2)c1. The number of benzene rings is 3. The van der Waals surface area contributed by atoms with Crippen LogP contribution in [0.25, 0.3) is 5.69 Å². The van der Waals surface area contributed by atoms with Crippen molar-refractivity contribution >= 4 is 23.3 Å². The minimum absolute atomic E-state index is 0.214. The zero-order valence-corrected chi connectivity index (χ0v) is 17.9. The Labute approximate surface area is 190 Å². The summed E-state index contributed by atoms with van der Waals surface area (Å²) >= 11 is 0. The van der Waals surface area contributed by atoms with Crippen LogP contribution in [0.1, 0.15) is 21.6 Å². The van der Waals surface area contributed by atoms with E-state index in [4.69, 9.17) is 0 Å². The van der Waals surface area contributed by atoms with E-state index in [9.17, 15) is 14.0 Å². The fraction of sp³-hybridized carbons (Fsp3) is 0.0800. The van der Waals surface area contributed by atoms with Gasteiger partial charge in [0.05, 0.1) is 5.69 Å². The van der Waals surface area contributed by atoms with Crippen LogP contribution in [0, 0.1) is 12.7 Å². The van der Waals surface area contributed by atoms with Crippen molar-refractivity contribution in [2.24, 2.45) is 0 Å². The monoisotopic (exact) mass is 443 g/mol. The maximum absolute atomic E-state index is 13.4. The largest absolute Gasteiger partial charge is 0.347 e. The van der Waals surface area contributed by atoms with E-state index in [0.717, 1.165) is 11.1 Å². The third-order valence-electron chi connectivity index (χ3n) is 4.81. The van der Waals surface area contributed by atoms with Gasteiger partial charge in [-0.2, -0.15) is 5.10 Å². The van der Waals surface area contributed by atoms with Crippen molar-refractivity contribution in [3.05, 3.63) is 108 Å². The first-order valence-corrected chi connectivity index (χ1v) is 10.3. The van der Waals surface area contributed by atoms with Gasteiger partial charge in [0.2, 0.25) is 0 Å².